The van der Waals surface area contributed by atoms with Gasteiger partial charge in [-0.15, -0.1) is 0 Å². The molecule has 124 valence electrons. The fourth-order valence-electron chi connectivity index (χ4n) is 2.59. The molecule has 0 radical (unpaired) electrons. The SMILES string of the molecule is CNC(=O)c1cc(C)nc(N=C(c2ccccc2)c2ccccc2)c1. The summed E-state index contributed by atoms with van der Waals surface area (Å²) in [5.74, 6) is 0.365. The average Bonchev–Trinajstić information content (AvgIpc) is 2.66. The minimum atomic E-state index is -0.150. The molecule has 0 saturated heterocycles. The summed E-state index contributed by atoms with van der Waals surface area (Å²) in [6.45, 7) is 1.86. The standard InChI is InChI=1S/C21H19N3O/c1-15-13-18(21(25)22-2)14-19(23-15)24-20(16-9-5-3-6-10-16)17-11-7-4-8-12-17/h3-14H,1-2H3,(H,22,25). The first-order chi connectivity index (χ1) is 12.2. The number of hydrogen-bond donors (Lipinski definition) is 1. The van der Waals surface area contributed by atoms with E-state index in [2.05, 4.69) is 10.3 Å². The van der Waals surface area contributed by atoms with E-state index in [0.29, 0.717) is 11.4 Å². The van der Waals surface area contributed by atoms with Gasteiger partial charge in [-0.25, -0.2) is 9.98 Å². The molecule has 0 aliphatic rings. The number of aliphatic imine (C=N–C) groups is 1. The highest BCUT2D eigenvalue weighted by atomic mass is 16.1. The normalized spacial score (nSPS) is 10.2. The van der Waals surface area contributed by atoms with Gasteiger partial charge in [-0.2, -0.15) is 0 Å². The van der Waals surface area contributed by atoms with Gasteiger partial charge in [-0.1, -0.05) is 60.7 Å². The maximum atomic E-state index is 12.0. The fraction of sp³-hybridized carbons (Fsp3) is 0.0952. The van der Waals surface area contributed by atoms with Crippen LogP contribution in [0.4, 0.5) is 5.82 Å². The summed E-state index contributed by atoms with van der Waals surface area (Å²) in [5.41, 5.74) is 4.12. The fourth-order valence-corrected chi connectivity index (χ4v) is 2.59. The Kier molecular flexibility index (Phi) is 5.00. The average molecular weight is 329 g/mol. The van der Waals surface area contributed by atoms with Gasteiger partial charge in [0.15, 0.2) is 5.82 Å². The van der Waals surface area contributed by atoms with Crippen LogP contribution < -0.4 is 5.32 Å². The Bertz CT molecular complexity index is 861. The van der Waals surface area contributed by atoms with Crippen molar-refractivity contribution in [2.24, 2.45) is 4.99 Å². The minimum Gasteiger partial charge on any atom is -0.355 e. The second kappa shape index (κ2) is 7.53. The summed E-state index contributed by atoms with van der Waals surface area (Å²) in [4.78, 5) is 21.2. The maximum absolute atomic E-state index is 12.0. The molecule has 4 heteroatoms. The number of amides is 1. The molecular formula is C21H19N3O. The molecule has 0 spiro atoms. The zero-order valence-corrected chi connectivity index (χ0v) is 14.2. The van der Waals surface area contributed by atoms with Crippen LogP contribution >= 0.6 is 0 Å². The third-order valence-corrected chi connectivity index (χ3v) is 3.75. The molecule has 0 aliphatic carbocycles. The summed E-state index contributed by atoms with van der Waals surface area (Å²) in [7, 11) is 1.61. The zero-order chi connectivity index (χ0) is 17.6. The quantitative estimate of drug-likeness (QED) is 0.738. The first-order valence-corrected chi connectivity index (χ1v) is 8.07. The second-order valence-corrected chi connectivity index (χ2v) is 5.63. The van der Waals surface area contributed by atoms with E-state index in [-0.39, 0.29) is 5.91 Å². The molecule has 0 fully saturated rings. The number of aromatic nitrogens is 1. The second-order valence-electron chi connectivity index (χ2n) is 5.63. The first kappa shape index (κ1) is 16.6. The molecule has 0 aliphatic heterocycles. The van der Waals surface area contributed by atoms with E-state index < -0.39 is 0 Å². The lowest BCUT2D eigenvalue weighted by Crippen LogP contribution is -2.18. The summed E-state index contributed by atoms with van der Waals surface area (Å²) < 4.78 is 0. The van der Waals surface area contributed by atoms with E-state index in [1.165, 1.54) is 0 Å². The topological polar surface area (TPSA) is 54.4 Å². The van der Waals surface area contributed by atoms with Crippen molar-refractivity contribution in [3.63, 3.8) is 0 Å². The Hall–Kier alpha value is -3.27. The lowest BCUT2D eigenvalue weighted by Gasteiger charge is -2.08. The highest BCUT2D eigenvalue weighted by Gasteiger charge is 2.10. The largest absolute Gasteiger partial charge is 0.355 e. The molecule has 0 bridgehead atoms. The van der Waals surface area contributed by atoms with Gasteiger partial charge in [0.2, 0.25) is 0 Å². The van der Waals surface area contributed by atoms with Gasteiger partial charge in [0.25, 0.3) is 5.91 Å². The van der Waals surface area contributed by atoms with Crippen LogP contribution in [0.3, 0.4) is 0 Å². The van der Waals surface area contributed by atoms with Crippen LogP contribution in [0.5, 0.6) is 0 Å². The number of nitrogens with zero attached hydrogens (tertiary/aromatic N) is 2. The number of hydrogen-bond acceptors (Lipinski definition) is 3. The lowest BCUT2D eigenvalue weighted by molar-refractivity contribution is 0.0963. The van der Waals surface area contributed by atoms with E-state index in [0.717, 1.165) is 22.5 Å². The van der Waals surface area contributed by atoms with Gasteiger partial charge >= 0.3 is 0 Å². The third-order valence-electron chi connectivity index (χ3n) is 3.75. The predicted molar refractivity (Wildman–Crippen MR) is 101 cm³/mol. The minimum absolute atomic E-state index is 0.150. The number of pyridine rings is 1. The monoisotopic (exact) mass is 329 g/mol. The van der Waals surface area contributed by atoms with E-state index >= 15 is 0 Å². The molecular weight excluding hydrogens is 310 g/mol. The van der Waals surface area contributed by atoms with Crippen LogP contribution in [0.15, 0.2) is 77.8 Å². The lowest BCUT2D eigenvalue weighted by atomic mass is 10.0. The number of carbonyl (C=O) groups is 1. The van der Waals surface area contributed by atoms with Crippen molar-refractivity contribution in [1.82, 2.24) is 10.3 Å². The number of aryl methyl sites for hydroxylation is 1. The van der Waals surface area contributed by atoms with Crippen LogP contribution in [0.25, 0.3) is 0 Å². The van der Waals surface area contributed by atoms with Gasteiger partial charge < -0.3 is 5.32 Å². The van der Waals surface area contributed by atoms with Crippen molar-refractivity contribution in [2.45, 2.75) is 6.92 Å². The van der Waals surface area contributed by atoms with Gasteiger partial charge in [-0.3, -0.25) is 4.79 Å². The highest BCUT2D eigenvalue weighted by Crippen LogP contribution is 2.18. The molecule has 0 saturated carbocycles. The van der Waals surface area contributed by atoms with Gasteiger partial charge in [-0.05, 0) is 19.1 Å². The van der Waals surface area contributed by atoms with E-state index in [4.69, 9.17) is 4.99 Å². The van der Waals surface area contributed by atoms with Crippen molar-refractivity contribution < 1.29 is 4.79 Å². The Morgan fingerprint density at radius 2 is 1.44 bits per heavy atom. The number of benzene rings is 2. The Labute approximate surface area is 147 Å². The van der Waals surface area contributed by atoms with Crippen molar-refractivity contribution in [3.05, 3.63) is 95.2 Å². The van der Waals surface area contributed by atoms with Crippen LogP contribution in [0, 0.1) is 6.92 Å². The predicted octanol–water partition coefficient (Wildman–Crippen LogP) is 3.92. The smallest absolute Gasteiger partial charge is 0.251 e. The molecule has 25 heavy (non-hydrogen) atoms. The van der Waals surface area contributed by atoms with Crippen molar-refractivity contribution in [3.8, 4) is 0 Å². The Morgan fingerprint density at radius 1 is 0.880 bits per heavy atom. The van der Waals surface area contributed by atoms with Crippen LogP contribution in [0.2, 0.25) is 0 Å². The molecule has 0 atom stereocenters. The van der Waals surface area contributed by atoms with E-state index in [1.807, 2.05) is 67.6 Å². The van der Waals surface area contributed by atoms with Gasteiger partial charge in [0.1, 0.15) is 0 Å². The summed E-state index contributed by atoms with van der Waals surface area (Å²) in [6, 6.07) is 23.4. The summed E-state index contributed by atoms with van der Waals surface area (Å²) in [5, 5.41) is 2.64. The van der Waals surface area contributed by atoms with Crippen LogP contribution in [-0.2, 0) is 0 Å². The van der Waals surface area contributed by atoms with Crippen molar-refractivity contribution in [2.75, 3.05) is 7.05 Å². The molecule has 3 aromatic rings. The molecule has 4 nitrogen and oxygen atoms in total. The highest BCUT2D eigenvalue weighted by molar-refractivity contribution is 6.13. The zero-order valence-electron chi connectivity index (χ0n) is 14.2. The van der Waals surface area contributed by atoms with Gasteiger partial charge in [0, 0.05) is 29.4 Å². The molecule has 3 rings (SSSR count). The summed E-state index contributed by atoms with van der Waals surface area (Å²) >= 11 is 0. The molecule has 0 unspecified atom stereocenters. The van der Waals surface area contributed by atoms with Crippen molar-refractivity contribution >= 4 is 17.4 Å². The summed E-state index contributed by atoms with van der Waals surface area (Å²) in [6.07, 6.45) is 0. The molecule has 2 aromatic carbocycles. The Morgan fingerprint density at radius 3 is 1.96 bits per heavy atom. The number of carbonyl (C=O) groups excluding carboxylic acids is 1. The third kappa shape index (κ3) is 3.98. The first-order valence-electron chi connectivity index (χ1n) is 8.07. The number of rotatable bonds is 4. The Balaban J connectivity index is 2.14. The van der Waals surface area contributed by atoms with Crippen LogP contribution in [0.1, 0.15) is 27.2 Å². The van der Waals surface area contributed by atoms with Crippen molar-refractivity contribution in [1.29, 1.82) is 0 Å². The molecule has 1 amide bonds. The van der Waals surface area contributed by atoms with Crippen LogP contribution in [-0.4, -0.2) is 23.7 Å². The molecule has 1 N–H and O–H groups in total. The van der Waals surface area contributed by atoms with Gasteiger partial charge in [0.05, 0.1) is 5.71 Å². The molecule has 1 heterocycles. The number of nitrogens with one attached hydrogen (secondary N) is 1. The van der Waals surface area contributed by atoms with E-state index in [1.54, 1.807) is 19.2 Å². The van der Waals surface area contributed by atoms with E-state index in [9.17, 15) is 4.79 Å². The molecule has 1 aromatic heterocycles. The maximum Gasteiger partial charge on any atom is 0.251 e.